The van der Waals surface area contributed by atoms with Gasteiger partial charge in [0.1, 0.15) is 17.7 Å². The molecule has 31 heavy (non-hydrogen) atoms. The van der Waals surface area contributed by atoms with E-state index in [4.69, 9.17) is 10.5 Å². The Morgan fingerprint density at radius 3 is 2.90 bits per heavy atom. The van der Waals surface area contributed by atoms with E-state index in [1.165, 1.54) is 14.0 Å². The van der Waals surface area contributed by atoms with Crippen LogP contribution < -0.4 is 5.73 Å². The monoisotopic (exact) mass is 436 g/mol. The van der Waals surface area contributed by atoms with Gasteiger partial charge in [0.05, 0.1) is 32.2 Å². The van der Waals surface area contributed by atoms with Gasteiger partial charge in [-0.2, -0.15) is 5.10 Å². The zero-order valence-electron chi connectivity index (χ0n) is 17.4. The van der Waals surface area contributed by atoms with Gasteiger partial charge >= 0.3 is 5.97 Å². The molecule has 4 rings (SSSR count). The maximum absolute atomic E-state index is 14.1. The lowest BCUT2D eigenvalue weighted by atomic mass is 9.93. The quantitative estimate of drug-likeness (QED) is 0.681. The second-order valence-corrected chi connectivity index (χ2v) is 8.42. The van der Waals surface area contributed by atoms with Gasteiger partial charge in [-0.05, 0) is 31.5 Å². The molecule has 1 fully saturated rings. The van der Waals surface area contributed by atoms with Crippen LogP contribution in [0.25, 0.3) is 0 Å². The number of esters is 1. The number of nitrogens with two attached hydrogens (primary N) is 1. The highest BCUT2D eigenvalue weighted by Gasteiger charge is 2.39. The van der Waals surface area contributed by atoms with E-state index in [0.29, 0.717) is 26.1 Å². The molecular weight excluding hydrogens is 410 g/mol. The second kappa shape index (κ2) is 8.27. The highest BCUT2D eigenvalue weighted by molar-refractivity contribution is 5.78. The van der Waals surface area contributed by atoms with E-state index in [0.717, 1.165) is 29.5 Å². The van der Waals surface area contributed by atoms with Gasteiger partial charge in [0.25, 0.3) is 0 Å². The molecule has 0 spiro atoms. The van der Waals surface area contributed by atoms with Crippen LogP contribution in [-0.4, -0.2) is 57.2 Å². The molecule has 0 amide bonds. The van der Waals surface area contributed by atoms with Crippen LogP contribution in [0.5, 0.6) is 0 Å². The van der Waals surface area contributed by atoms with E-state index in [9.17, 15) is 18.7 Å². The van der Waals surface area contributed by atoms with E-state index < -0.39 is 35.4 Å². The molecule has 4 atom stereocenters. The van der Waals surface area contributed by atoms with Crippen molar-refractivity contribution in [2.75, 3.05) is 13.7 Å². The second-order valence-electron chi connectivity index (χ2n) is 8.42. The van der Waals surface area contributed by atoms with Gasteiger partial charge in [0.15, 0.2) is 5.60 Å². The summed E-state index contributed by atoms with van der Waals surface area (Å²) in [5.74, 6) is -1.79. The van der Waals surface area contributed by atoms with Crippen molar-refractivity contribution in [1.82, 2.24) is 14.7 Å². The fourth-order valence-electron chi connectivity index (χ4n) is 4.35. The van der Waals surface area contributed by atoms with Crippen molar-refractivity contribution >= 4 is 5.97 Å². The lowest BCUT2D eigenvalue weighted by Crippen LogP contribution is -2.48. The molecule has 2 aromatic rings. The minimum atomic E-state index is -1.69. The highest BCUT2D eigenvalue weighted by Crippen LogP contribution is 2.34. The number of aromatic nitrogens is 2. The number of carbonyl (C=O) groups excluding carboxylic acids is 1. The lowest BCUT2D eigenvalue weighted by Gasteiger charge is -2.38. The summed E-state index contributed by atoms with van der Waals surface area (Å²) in [7, 11) is 1.22. The zero-order chi connectivity index (χ0) is 22.3. The molecule has 2 aliphatic rings. The molecule has 0 aliphatic carbocycles. The Kier molecular flexibility index (Phi) is 5.82. The number of ether oxygens (including phenoxy) is 2. The molecule has 1 saturated heterocycles. The first-order valence-corrected chi connectivity index (χ1v) is 10.1. The smallest absolute Gasteiger partial charge is 0.339 e. The van der Waals surface area contributed by atoms with Crippen molar-refractivity contribution in [2.45, 2.75) is 56.8 Å². The van der Waals surface area contributed by atoms with Crippen LogP contribution >= 0.6 is 0 Å². The van der Waals surface area contributed by atoms with Crippen molar-refractivity contribution < 1.29 is 28.2 Å². The van der Waals surface area contributed by atoms with Crippen LogP contribution in [0.15, 0.2) is 24.4 Å². The molecule has 3 N–H and O–H groups in total. The number of nitrogens with zero attached hydrogens (tertiary/aromatic N) is 3. The van der Waals surface area contributed by atoms with E-state index >= 15 is 0 Å². The Labute approximate surface area is 178 Å². The van der Waals surface area contributed by atoms with Gasteiger partial charge in [-0.15, -0.1) is 0 Å². The maximum Gasteiger partial charge on any atom is 0.339 e. The molecule has 0 radical (unpaired) electrons. The van der Waals surface area contributed by atoms with E-state index in [2.05, 4.69) is 14.7 Å². The predicted molar refractivity (Wildman–Crippen MR) is 106 cm³/mol. The van der Waals surface area contributed by atoms with Crippen LogP contribution in [0.2, 0.25) is 0 Å². The summed E-state index contributed by atoms with van der Waals surface area (Å²) in [5, 5.41) is 14.7. The van der Waals surface area contributed by atoms with Crippen molar-refractivity contribution in [3.8, 4) is 0 Å². The Bertz CT molecular complexity index is 980. The first kappa shape index (κ1) is 21.8. The number of hydrogen-bond donors (Lipinski definition) is 2. The van der Waals surface area contributed by atoms with Gasteiger partial charge in [-0.1, -0.05) is 0 Å². The molecule has 0 saturated carbocycles. The highest BCUT2D eigenvalue weighted by atomic mass is 19.1. The molecule has 10 heteroatoms. The van der Waals surface area contributed by atoms with Crippen molar-refractivity contribution in [3.05, 3.63) is 52.9 Å². The van der Waals surface area contributed by atoms with Crippen LogP contribution in [0.1, 0.15) is 36.3 Å². The third-order valence-corrected chi connectivity index (χ3v) is 6.03. The molecule has 1 aromatic carbocycles. The lowest BCUT2D eigenvalue weighted by molar-refractivity contribution is -0.162. The van der Waals surface area contributed by atoms with Crippen molar-refractivity contribution in [2.24, 2.45) is 5.73 Å². The van der Waals surface area contributed by atoms with Crippen molar-refractivity contribution in [3.63, 3.8) is 0 Å². The average molecular weight is 436 g/mol. The number of rotatable bonds is 5. The van der Waals surface area contributed by atoms with Gasteiger partial charge in [-0.25, -0.2) is 13.6 Å². The summed E-state index contributed by atoms with van der Waals surface area (Å²) in [6.45, 7) is 2.86. The molecule has 8 nitrogen and oxygen atoms in total. The fourth-order valence-corrected chi connectivity index (χ4v) is 4.35. The van der Waals surface area contributed by atoms with E-state index in [1.807, 2.05) is 0 Å². The topological polar surface area (TPSA) is 103 Å². The molecule has 168 valence electrons. The summed E-state index contributed by atoms with van der Waals surface area (Å²) >= 11 is 0. The summed E-state index contributed by atoms with van der Waals surface area (Å²) in [5.41, 5.74) is 6.62. The minimum absolute atomic E-state index is 0.00941. The largest absolute Gasteiger partial charge is 0.467 e. The Morgan fingerprint density at radius 1 is 1.42 bits per heavy atom. The average Bonchev–Trinajstić information content (AvgIpc) is 3.31. The summed E-state index contributed by atoms with van der Waals surface area (Å²) in [6.07, 6.45) is 1.57. The van der Waals surface area contributed by atoms with Crippen LogP contribution in [0.4, 0.5) is 8.78 Å². The standard InChI is InChI=1S/C21H26F2N4O4/c1-21(29,20(28)30-2)11-27-18-9-26(8-12(18)7-25-27)14-6-17(24)19(31-10-14)15-5-13(22)3-4-16(15)23/h3-5,7,14,17,19,29H,6,8-11,24H2,1-2H3/t14-,17+,19-,21?/m1/s1. The Morgan fingerprint density at radius 2 is 2.19 bits per heavy atom. The number of fused-ring (bicyclic) bond motifs is 1. The van der Waals surface area contributed by atoms with Gasteiger partial charge < -0.3 is 20.3 Å². The van der Waals surface area contributed by atoms with Gasteiger partial charge in [0, 0.05) is 36.3 Å². The zero-order valence-corrected chi connectivity index (χ0v) is 17.4. The third kappa shape index (κ3) is 4.20. The van der Waals surface area contributed by atoms with Crippen molar-refractivity contribution in [1.29, 1.82) is 0 Å². The van der Waals surface area contributed by atoms with Crippen LogP contribution in [0, 0.1) is 11.6 Å². The number of hydrogen-bond acceptors (Lipinski definition) is 7. The van der Waals surface area contributed by atoms with Crippen LogP contribution in [0.3, 0.4) is 0 Å². The van der Waals surface area contributed by atoms with Crippen LogP contribution in [-0.2, 0) is 33.9 Å². The minimum Gasteiger partial charge on any atom is -0.467 e. The predicted octanol–water partition coefficient (Wildman–Crippen LogP) is 1.26. The number of benzene rings is 1. The first-order valence-electron chi connectivity index (χ1n) is 10.1. The van der Waals surface area contributed by atoms with E-state index in [1.54, 1.807) is 10.9 Å². The normalized spacial score (nSPS) is 25.8. The molecule has 2 aliphatic heterocycles. The number of aliphatic hydroxyl groups is 1. The molecule has 3 heterocycles. The Balaban J connectivity index is 1.42. The first-order chi connectivity index (χ1) is 14.7. The number of halogens is 2. The number of carbonyl (C=O) groups is 1. The number of methoxy groups -OCH3 is 1. The Hall–Kier alpha value is -2.40. The molecule has 1 unspecified atom stereocenters. The van der Waals surface area contributed by atoms with Gasteiger partial charge in [0.2, 0.25) is 0 Å². The molecule has 1 aromatic heterocycles. The fraction of sp³-hybridized carbons (Fsp3) is 0.524. The summed E-state index contributed by atoms with van der Waals surface area (Å²) in [4.78, 5) is 14.0. The summed E-state index contributed by atoms with van der Waals surface area (Å²) < 4.78 is 39.9. The molecule has 0 bridgehead atoms. The SMILES string of the molecule is COC(=O)C(C)(O)Cn1ncc2c1CN([C@H]1CO[C@H](c3cc(F)ccc3F)[C@@H](N)C1)C2. The van der Waals surface area contributed by atoms with E-state index in [-0.39, 0.29) is 18.2 Å². The van der Waals surface area contributed by atoms with Gasteiger partial charge in [-0.3, -0.25) is 9.58 Å². The maximum atomic E-state index is 14.1. The molecular formula is C21H26F2N4O4. The summed E-state index contributed by atoms with van der Waals surface area (Å²) in [6, 6.07) is 2.78. The third-order valence-electron chi connectivity index (χ3n) is 6.03.